The van der Waals surface area contributed by atoms with Crippen LogP contribution < -0.4 is 0 Å². The predicted molar refractivity (Wildman–Crippen MR) is 79.1 cm³/mol. The fourth-order valence-corrected chi connectivity index (χ4v) is 1.73. The zero-order valence-electron chi connectivity index (χ0n) is 11.0. The first kappa shape index (κ1) is 13.7. The van der Waals surface area contributed by atoms with E-state index < -0.39 is 0 Å². The van der Waals surface area contributed by atoms with Gasteiger partial charge in [0.2, 0.25) is 0 Å². The van der Waals surface area contributed by atoms with Crippen LogP contribution in [0.2, 0.25) is 0 Å². The number of oxime groups is 1. The summed E-state index contributed by atoms with van der Waals surface area (Å²) in [7, 11) is 0. The smallest absolute Gasteiger partial charge is 0.157 e. The van der Waals surface area contributed by atoms with Crippen LogP contribution in [0.4, 0.5) is 0 Å². The highest BCUT2D eigenvalue weighted by atomic mass is 16.4. The molecular formula is C16H15NO3. The molecule has 20 heavy (non-hydrogen) atoms. The van der Waals surface area contributed by atoms with Gasteiger partial charge in [0.15, 0.2) is 11.5 Å². The Morgan fingerprint density at radius 1 is 0.900 bits per heavy atom. The number of benzene rings is 2. The second-order valence-electron chi connectivity index (χ2n) is 4.39. The molecule has 0 radical (unpaired) electrons. The highest BCUT2D eigenvalue weighted by Gasteiger charge is 1.99. The van der Waals surface area contributed by atoms with Crippen LogP contribution in [0.5, 0.6) is 11.5 Å². The molecule has 2 aromatic rings. The minimum absolute atomic E-state index is 0.134. The molecule has 0 unspecified atom stereocenters. The normalized spacial score (nSPS) is 11.9. The maximum Gasteiger partial charge on any atom is 0.157 e. The molecule has 4 heteroatoms. The van der Waals surface area contributed by atoms with Gasteiger partial charge in [-0.25, -0.2) is 0 Å². The van der Waals surface area contributed by atoms with Gasteiger partial charge >= 0.3 is 0 Å². The van der Waals surface area contributed by atoms with Crippen LogP contribution in [0.3, 0.4) is 0 Å². The van der Waals surface area contributed by atoms with Gasteiger partial charge in [0, 0.05) is 0 Å². The highest BCUT2D eigenvalue weighted by molar-refractivity contribution is 5.98. The number of hydrogen-bond acceptors (Lipinski definition) is 4. The molecule has 0 aromatic heterocycles. The molecule has 0 bridgehead atoms. The van der Waals surface area contributed by atoms with Crippen LogP contribution >= 0.6 is 0 Å². The molecule has 0 heterocycles. The lowest BCUT2D eigenvalue weighted by Gasteiger charge is -2.00. The molecule has 0 saturated carbocycles. The number of phenolic OH excluding ortho intramolecular Hbond substituents is 2. The summed E-state index contributed by atoms with van der Waals surface area (Å²) in [4.78, 5) is 0. The maximum absolute atomic E-state index is 9.40. The van der Waals surface area contributed by atoms with Gasteiger partial charge in [-0.15, -0.1) is 0 Å². The van der Waals surface area contributed by atoms with E-state index in [9.17, 15) is 10.2 Å². The second-order valence-corrected chi connectivity index (χ2v) is 4.39. The second kappa shape index (κ2) is 5.93. The van der Waals surface area contributed by atoms with E-state index in [0.29, 0.717) is 5.71 Å². The number of hydrogen-bond donors (Lipinski definition) is 3. The van der Waals surface area contributed by atoms with Crippen molar-refractivity contribution in [2.24, 2.45) is 5.16 Å². The van der Waals surface area contributed by atoms with Gasteiger partial charge in [0.05, 0.1) is 5.71 Å². The Morgan fingerprint density at radius 2 is 1.50 bits per heavy atom. The summed E-state index contributed by atoms with van der Waals surface area (Å²) in [5.41, 5.74) is 3.18. The molecule has 0 saturated heterocycles. The highest BCUT2D eigenvalue weighted by Crippen LogP contribution is 2.25. The predicted octanol–water partition coefficient (Wildman–Crippen LogP) is 3.47. The van der Waals surface area contributed by atoms with E-state index >= 15 is 0 Å². The Labute approximate surface area is 116 Å². The third-order valence-electron chi connectivity index (χ3n) is 2.95. The van der Waals surface area contributed by atoms with E-state index in [2.05, 4.69) is 5.16 Å². The van der Waals surface area contributed by atoms with Crippen molar-refractivity contribution in [1.82, 2.24) is 0 Å². The summed E-state index contributed by atoms with van der Waals surface area (Å²) >= 11 is 0. The number of aromatic hydroxyl groups is 2. The molecule has 3 N–H and O–H groups in total. The van der Waals surface area contributed by atoms with Crippen molar-refractivity contribution < 1.29 is 15.4 Å². The van der Waals surface area contributed by atoms with Gasteiger partial charge < -0.3 is 15.4 Å². The van der Waals surface area contributed by atoms with Crippen molar-refractivity contribution in [2.75, 3.05) is 0 Å². The van der Waals surface area contributed by atoms with E-state index in [1.54, 1.807) is 13.0 Å². The van der Waals surface area contributed by atoms with Crippen molar-refractivity contribution in [3.05, 3.63) is 59.2 Å². The average molecular weight is 269 g/mol. The minimum Gasteiger partial charge on any atom is -0.504 e. The lowest BCUT2D eigenvalue weighted by molar-refractivity contribution is 0.319. The van der Waals surface area contributed by atoms with Crippen molar-refractivity contribution in [3.8, 4) is 11.5 Å². The van der Waals surface area contributed by atoms with Gasteiger partial charge in [-0.3, -0.25) is 0 Å². The summed E-state index contributed by atoms with van der Waals surface area (Å²) < 4.78 is 0. The minimum atomic E-state index is -0.141. The third kappa shape index (κ3) is 3.17. The molecule has 0 atom stereocenters. The van der Waals surface area contributed by atoms with Crippen LogP contribution in [0, 0.1) is 0 Å². The van der Waals surface area contributed by atoms with Gasteiger partial charge in [-0.05, 0) is 35.7 Å². The lowest BCUT2D eigenvalue weighted by atomic mass is 10.1. The van der Waals surface area contributed by atoms with Crippen LogP contribution in [-0.4, -0.2) is 21.1 Å². The molecule has 0 aliphatic heterocycles. The first-order valence-electron chi connectivity index (χ1n) is 6.09. The van der Waals surface area contributed by atoms with Crippen LogP contribution in [0.15, 0.2) is 47.6 Å². The van der Waals surface area contributed by atoms with E-state index in [0.717, 1.165) is 16.7 Å². The number of nitrogens with zero attached hydrogens (tertiary/aromatic N) is 1. The van der Waals surface area contributed by atoms with Crippen LogP contribution in [-0.2, 0) is 0 Å². The standard InChI is InChI=1S/C16H15NO3/c1-11(17-20)14-7-4-12(5-8-14)2-3-13-6-9-15(18)16(19)10-13/h2-10,18-20H,1H3/b3-2+,17-11+. The van der Waals surface area contributed by atoms with E-state index in [4.69, 9.17) is 5.21 Å². The molecule has 2 rings (SSSR count). The first-order chi connectivity index (χ1) is 9.60. The summed E-state index contributed by atoms with van der Waals surface area (Å²) in [5, 5.41) is 30.5. The molecule has 4 nitrogen and oxygen atoms in total. The van der Waals surface area contributed by atoms with Crippen molar-refractivity contribution in [1.29, 1.82) is 0 Å². The molecule has 0 amide bonds. The van der Waals surface area contributed by atoms with Crippen molar-refractivity contribution >= 4 is 17.9 Å². The van der Waals surface area contributed by atoms with Crippen LogP contribution in [0.1, 0.15) is 23.6 Å². The van der Waals surface area contributed by atoms with Crippen molar-refractivity contribution in [2.45, 2.75) is 6.92 Å². The largest absolute Gasteiger partial charge is 0.504 e. The zero-order valence-corrected chi connectivity index (χ0v) is 11.0. The first-order valence-corrected chi connectivity index (χ1v) is 6.09. The Hall–Kier alpha value is -2.75. The Kier molecular flexibility index (Phi) is 4.05. The fourth-order valence-electron chi connectivity index (χ4n) is 1.73. The molecule has 0 spiro atoms. The Balaban J connectivity index is 2.17. The number of phenols is 2. The maximum atomic E-state index is 9.40. The molecular weight excluding hydrogens is 254 g/mol. The van der Waals surface area contributed by atoms with Gasteiger partial charge in [0.25, 0.3) is 0 Å². The summed E-state index contributed by atoms with van der Waals surface area (Å²) in [6, 6.07) is 12.2. The van der Waals surface area contributed by atoms with Crippen LogP contribution in [0.25, 0.3) is 12.2 Å². The molecule has 102 valence electrons. The molecule has 0 fully saturated rings. The SMILES string of the molecule is C/C(=N\O)c1ccc(/C=C/c2ccc(O)c(O)c2)cc1. The van der Waals surface area contributed by atoms with E-state index in [1.807, 2.05) is 36.4 Å². The monoisotopic (exact) mass is 269 g/mol. The summed E-state index contributed by atoms with van der Waals surface area (Å²) in [6.07, 6.45) is 3.72. The quantitative estimate of drug-likeness (QED) is 0.263. The number of rotatable bonds is 3. The molecule has 0 aliphatic rings. The van der Waals surface area contributed by atoms with Gasteiger partial charge in [-0.1, -0.05) is 47.6 Å². The van der Waals surface area contributed by atoms with E-state index in [-0.39, 0.29) is 11.5 Å². The van der Waals surface area contributed by atoms with E-state index in [1.165, 1.54) is 12.1 Å². The Bertz CT molecular complexity index is 658. The van der Waals surface area contributed by atoms with Gasteiger partial charge in [0.1, 0.15) is 0 Å². The van der Waals surface area contributed by atoms with Crippen molar-refractivity contribution in [3.63, 3.8) is 0 Å². The third-order valence-corrected chi connectivity index (χ3v) is 2.95. The summed E-state index contributed by atoms with van der Waals surface area (Å²) in [6.45, 7) is 1.73. The topological polar surface area (TPSA) is 73.1 Å². The summed E-state index contributed by atoms with van der Waals surface area (Å²) in [5.74, 6) is -0.275. The molecule has 0 aliphatic carbocycles. The average Bonchev–Trinajstić information content (AvgIpc) is 2.48. The zero-order chi connectivity index (χ0) is 14.5. The lowest BCUT2D eigenvalue weighted by Crippen LogP contribution is -1.93. The molecule has 2 aromatic carbocycles. The Morgan fingerprint density at radius 3 is 2.10 bits per heavy atom. The van der Waals surface area contributed by atoms with Gasteiger partial charge in [-0.2, -0.15) is 0 Å². The fraction of sp³-hybridized carbons (Fsp3) is 0.0625.